The zero-order chi connectivity index (χ0) is 15.1. The third-order valence-corrected chi connectivity index (χ3v) is 5.02. The van der Waals surface area contributed by atoms with Crippen LogP contribution >= 0.6 is 0 Å². The Morgan fingerprint density at radius 2 is 2.05 bits per heavy atom. The van der Waals surface area contributed by atoms with Gasteiger partial charge in [0.05, 0.1) is 17.6 Å². The zero-order valence-electron chi connectivity index (χ0n) is 11.6. The van der Waals surface area contributed by atoms with E-state index in [1.165, 1.54) is 25.3 Å². The molecule has 3 N–H and O–H groups in total. The van der Waals surface area contributed by atoms with Crippen LogP contribution in [0.15, 0.2) is 23.1 Å². The minimum Gasteiger partial charge on any atom is -0.465 e. The largest absolute Gasteiger partial charge is 0.465 e. The molecule has 0 aromatic heterocycles. The number of anilines is 1. The molecule has 1 fully saturated rings. The first-order valence-electron chi connectivity index (χ1n) is 6.17. The smallest absolute Gasteiger partial charge is 0.339 e. The van der Waals surface area contributed by atoms with Crippen LogP contribution in [0.4, 0.5) is 5.69 Å². The Kier molecular flexibility index (Phi) is 3.51. The molecule has 1 aliphatic carbocycles. The Morgan fingerprint density at radius 3 is 2.55 bits per heavy atom. The molecule has 1 aromatic rings. The number of nitrogens with one attached hydrogen (secondary N) is 1. The van der Waals surface area contributed by atoms with Crippen LogP contribution in [0, 0.1) is 5.41 Å². The second kappa shape index (κ2) is 4.75. The summed E-state index contributed by atoms with van der Waals surface area (Å²) < 4.78 is 32.0. The summed E-state index contributed by atoms with van der Waals surface area (Å²) in [5.41, 5.74) is 5.82. The first-order chi connectivity index (χ1) is 9.17. The second-order valence-electron chi connectivity index (χ2n) is 5.61. The molecule has 1 saturated carbocycles. The number of hydrogen-bond donors (Lipinski definition) is 2. The fourth-order valence-electron chi connectivity index (χ4n) is 1.96. The van der Waals surface area contributed by atoms with Gasteiger partial charge in [0.2, 0.25) is 10.0 Å². The van der Waals surface area contributed by atoms with Crippen LogP contribution in [0.5, 0.6) is 0 Å². The Morgan fingerprint density at radius 1 is 1.45 bits per heavy atom. The predicted octanol–water partition coefficient (Wildman–Crippen LogP) is 1.13. The van der Waals surface area contributed by atoms with E-state index in [1.54, 1.807) is 0 Å². The highest BCUT2D eigenvalue weighted by Gasteiger charge is 2.48. The van der Waals surface area contributed by atoms with Gasteiger partial charge >= 0.3 is 5.97 Å². The quantitative estimate of drug-likeness (QED) is 0.641. The van der Waals surface area contributed by atoms with Gasteiger partial charge < -0.3 is 10.5 Å². The highest BCUT2D eigenvalue weighted by atomic mass is 32.2. The summed E-state index contributed by atoms with van der Waals surface area (Å²) in [6.45, 7) is 3.95. The lowest BCUT2D eigenvalue weighted by atomic mass is 10.2. The van der Waals surface area contributed by atoms with Gasteiger partial charge in [0.1, 0.15) is 0 Å². The maximum absolute atomic E-state index is 12.4. The minimum atomic E-state index is -3.81. The van der Waals surface area contributed by atoms with E-state index in [2.05, 4.69) is 9.46 Å². The lowest BCUT2D eigenvalue weighted by Crippen LogP contribution is -2.30. The maximum Gasteiger partial charge on any atom is 0.339 e. The van der Waals surface area contributed by atoms with E-state index >= 15 is 0 Å². The molecule has 2 rings (SSSR count). The first kappa shape index (κ1) is 14.8. The van der Waals surface area contributed by atoms with Gasteiger partial charge in [-0.3, -0.25) is 0 Å². The molecule has 1 aromatic carbocycles. The van der Waals surface area contributed by atoms with Crippen molar-refractivity contribution in [3.63, 3.8) is 0 Å². The van der Waals surface area contributed by atoms with Gasteiger partial charge in [0.25, 0.3) is 0 Å². The molecule has 0 radical (unpaired) electrons. The summed E-state index contributed by atoms with van der Waals surface area (Å²) in [6.07, 6.45) is 0.766. The number of sulfonamides is 1. The number of nitrogen functional groups attached to an aromatic ring is 1. The second-order valence-corrected chi connectivity index (χ2v) is 7.30. The molecule has 6 nitrogen and oxygen atoms in total. The zero-order valence-corrected chi connectivity index (χ0v) is 12.5. The lowest BCUT2D eigenvalue weighted by molar-refractivity contribution is 0.0596. The number of carbonyl (C=O) groups is 1. The van der Waals surface area contributed by atoms with Crippen molar-refractivity contribution in [2.24, 2.45) is 5.41 Å². The van der Waals surface area contributed by atoms with E-state index < -0.39 is 16.0 Å². The molecule has 1 unspecified atom stereocenters. The Labute approximate surface area is 118 Å². The summed E-state index contributed by atoms with van der Waals surface area (Å²) in [5, 5.41) is 0. The highest BCUT2D eigenvalue weighted by molar-refractivity contribution is 7.89. The molecule has 1 aliphatic rings. The monoisotopic (exact) mass is 298 g/mol. The standard InChI is InChI=1S/C13H18N2O4S/c1-13(2)7-11(13)15-20(17,18)10-6-8(14)4-5-9(10)12(16)19-3/h4-6,11,15H,7,14H2,1-3H3. The summed E-state index contributed by atoms with van der Waals surface area (Å²) in [5.74, 6) is -0.708. The molecule has 0 saturated heterocycles. The first-order valence-corrected chi connectivity index (χ1v) is 7.66. The summed E-state index contributed by atoms with van der Waals surface area (Å²) in [4.78, 5) is 11.5. The number of ether oxygens (including phenoxy) is 1. The average Bonchev–Trinajstić information content (AvgIpc) is 2.94. The van der Waals surface area contributed by atoms with Crippen LogP contribution < -0.4 is 10.5 Å². The van der Waals surface area contributed by atoms with E-state index in [9.17, 15) is 13.2 Å². The molecule has 20 heavy (non-hydrogen) atoms. The number of hydrogen-bond acceptors (Lipinski definition) is 5. The van der Waals surface area contributed by atoms with E-state index in [1.807, 2.05) is 13.8 Å². The van der Waals surface area contributed by atoms with Crippen molar-refractivity contribution in [2.45, 2.75) is 31.2 Å². The van der Waals surface area contributed by atoms with Crippen molar-refractivity contribution >= 4 is 21.7 Å². The van der Waals surface area contributed by atoms with Gasteiger partial charge in [-0.05, 0) is 30.0 Å². The van der Waals surface area contributed by atoms with Crippen molar-refractivity contribution in [1.82, 2.24) is 4.72 Å². The minimum absolute atomic E-state index is 0.0207. The van der Waals surface area contributed by atoms with Gasteiger partial charge in [-0.2, -0.15) is 0 Å². The summed E-state index contributed by atoms with van der Waals surface area (Å²) in [7, 11) is -2.61. The molecule has 0 heterocycles. The average molecular weight is 298 g/mol. The van der Waals surface area contributed by atoms with Crippen LogP contribution in [-0.2, 0) is 14.8 Å². The molecule has 0 amide bonds. The van der Waals surface area contributed by atoms with Crippen LogP contribution in [0.3, 0.4) is 0 Å². The molecule has 0 aliphatic heterocycles. The fourth-order valence-corrected chi connectivity index (χ4v) is 3.60. The number of esters is 1. The molecular weight excluding hydrogens is 280 g/mol. The van der Waals surface area contributed by atoms with Gasteiger partial charge in [-0.1, -0.05) is 13.8 Å². The van der Waals surface area contributed by atoms with Crippen LogP contribution in [-0.4, -0.2) is 27.5 Å². The number of benzene rings is 1. The molecule has 0 bridgehead atoms. The van der Waals surface area contributed by atoms with Gasteiger partial charge in [0.15, 0.2) is 0 Å². The van der Waals surface area contributed by atoms with Gasteiger partial charge in [-0.15, -0.1) is 0 Å². The van der Waals surface area contributed by atoms with E-state index in [-0.39, 0.29) is 27.6 Å². The number of methoxy groups -OCH3 is 1. The Bertz CT molecular complexity index is 652. The van der Waals surface area contributed by atoms with Crippen molar-refractivity contribution in [3.05, 3.63) is 23.8 Å². The third kappa shape index (κ3) is 2.78. The van der Waals surface area contributed by atoms with Crippen molar-refractivity contribution in [2.75, 3.05) is 12.8 Å². The number of carbonyl (C=O) groups excluding carboxylic acids is 1. The van der Waals surface area contributed by atoms with E-state index in [4.69, 9.17) is 5.73 Å². The van der Waals surface area contributed by atoms with Gasteiger partial charge in [-0.25, -0.2) is 17.9 Å². The number of rotatable bonds is 4. The third-order valence-electron chi connectivity index (χ3n) is 3.51. The molecule has 0 spiro atoms. The summed E-state index contributed by atoms with van der Waals surface area (Å²) in [6, 6.07) is 3.96. The molecular formula is C13H18N2O4S. The highest BCUT2D eigenvalue weighted by Crippen LogP contribution is 2.45. The van der Waals surface area contributed by atoms with Crippen molar-refractivity contribution < 1.29 is 17.9 Å². The number of nitrogens with two attached hydrogens (primary N) is 1. The molecule has 110 valence electrons. The SMILES string of the molecule is COC(=O)c1ccc(N)cc1S(=O)(=O)NC1CC1(C)C. The van der Waals surface area contributed by atoms with Crippen LogP contribution in [0.25, 0.3) is 0 Å². The van der Waals surface area contributed by atoms with Crippen molar-refractivity contribution in [3.8, 4) is 0 Å². The fraction of sp³-hybridized carbons (Fsp3) is 0.462. The molecule has 7 heteroatoms. The van der Waals surface area contributed by atoms with Crippen LogP contribution in [0.2, 0.25) is 0 Å². The van der Waals surface area contributed by atoms with E-state index in [0.717, 1.165) is 6.42 Å². The Hall–Kier alpha value is -1.60. The normalized spacial score (nSPS) is 20.4. The van der Waals surface area contributed by atoms with Gasteiger partial charge in [0, 0.05) is 11.7 Å². The topological polar surface area (TPSA) is 98.5 Å². The van der Waals surface area contributed by atoms with E-state index in [0.29, 0.717) is 0 Å². The predicted molar refractivity (Wildman–Crippen MR) is 74.7 cm³/mol. The summed E-state index contributed by atoms with van der Waals surface area (Å²) >= 11 is 0. The maximum atomic E-state index is 12.4. The lowest BCUT2D eigenvalue weighted by Gasteiger charge is -2.12. The van der Waals surface area contributed by atoms with Crippen LogP contribution in [0.1, 0.15) is 30.6 Å². The van der Waals surface area contributed by atoms with Crippen molar-refractivity contribution in [1.29, 1.82) is 0 Å². The Balaban J connectivity index is 2.40. The molecule has 1 atom stereocenters.